The number of aromatic nitrogens is 3. The molecule has 25 heavy (non-hydrogen) atoms. The molecule has 0 aliphatic rings. The van der Waals surface area contributed by atoms with Crippen molar-refractivity contribution in [1.29, 1.82) is 0 Å². The molecule has 2 aromatic heterocycles. The third-order valence-electron chi connectivity index (χ3n) is 4.23. The average Bonchev–Trinajstić information content (AvgIpc) is 3.20. The summed E-state index contributed by atoms with van der Waals surface area (Å²) in [5, 5.41) is 17.7. The SMILES string of the molecule is Cc1noc(C)c1CNc1nnc(Cc2ccc3ccccc3c2)o1. The van der Waals surface area contributed by atoms with E-state index in [1.165, 1.54) is 10.8 Å². The van der Waals surface area contributed by atoms with E-state index in [1.807, 2.05) is 26.0 Å². The van der Waals surface area contributed by atoms with Crippen LogP contribution in [0.25, 0.3) is 10.8 Å². The van der Waals surface area contributed by atoms with Gasteiger partial charge in [-0.15, -0.1) is 5.10 Å². The highest BCUT2D eigenvalue weighted by Crippen LogP contribution is 2.19. The Kier molecular flexibility index (Phi) is 3.93. The van der Waals surface area contributed by atoms with Gasteiger partial charge in [-0.25, -0.2) is 0 Å². The van der Waals surface area contributed by atoms with Crippen LogP contribution >= 0.6 is 0 Å². The predicted molar refractivity (Wildman–Crippen MR) is 94.4 cm³/mol. The summed E-state index contributed by atoms with van der Waals surface area (Å²) >= 11 is 0. The quantitative estimate of drug-likeness (QED) is 0.594. The van der Waals surface area contributed by atoms with Crippen LogP contribution < -0.4 is 5.32 Å². The Morgan fingerprint density at radius 3 is 2.64 bits per heavy atom. The third kappa shape index (κ3) is 3.24. The van der Waals surface area contributed by atoms with Crippen LogP contribution in [0.2, 0.25) is 0 Å². The second kappa shape index (κ2) is 6.39. The molecule has 2 aromatic carbocycles. The Balaban J connectivity index is 1.45. The maximum Gasteiger partial charge on any atom is 0.315 e. The number of hydrogen-bond donors (Lipinski definition) is 1. The minimum Gasteiger partial charge on any atom is -0.408 e. The molecule has 0 amide bonds. The van der Waals surface area contributed by atoms with Crippen LogP contribution in [-0.2, 0) is 13.0 Å². The van der Waals surface area contributed by atoms with Crippen LogP contribution in [-0.4, -0.2) is 15.4 Å². The maximum atomic E-state index is 5.69. The van der Waals surface area contributed by atoms with Crippen molar-refractivity contribution in [1.82, 2.24) is 15.4 Å². The Hall–Kier alpha value is -3.15. The van der Waals surface area contributed by atoms with Crippen LogP contribution in [0.15, 0.2) is 51.4 Å². The Morgan fingerprint density at radius 1 is 1.00 bits per heavy atom. The molecule has 4 aromatic rings. The molecule has 6 nitrogen and oxygen atoms in total. The molecular formula is C19H18N4O2. The molecule has 0 bridgehead atoms. The molecule has 126 valence electrons. The Morgan fingerprint density at radius 2 is 1.84 bits per heavy atom. The first kappa shape index (κ1) is 15.4. The summed E-state index contributed by atoms with van der Waals surface area (Å²) in [6.45, 7) is 4.33. The fourth-order valence-corrected chi connectivity index (χ4v) is 2.84. The molecule has 0 radical (unpaired) electrons. The van der Waals surface area contributed by atoms with E-state index in [0.29, 0.717) is 24.9 Å². The topological polar surface area (TPSA) is 77.0 Å². The number of rotatable bonds is 5. The lowest BCUT2D eigenvalue weighted by Gasteiger charge is -2.01. The summed E-state index contributed by atoms with van der Waals surface area (Å²) in [7, 11) is 0. The number of aryl methyl sites for hydroxylation is 2. The first-order chi connectivity index (χ1) is 12.2. The summed E-state index contributed by atoms with van der Waals surface area (Å²) in [5.41, 5.74) is 3.01. The lowest BCUT2D eigenvalue weighted by atomic mass is 10.1. The van der Waals surface area contributed by atoms with Gasteiger partial charge < -0.3 is 14.3 Å². The van der Waals surface area contributed by atoms with Gasteiger partial charge in [-0.1, -0.05) is 52.7 Å². The zero-order valence-electron chi connectivity index (χ0n) is 14.1. The molecule has 6 heteroatoms. The highest BCUT2D eigenvalue weighted by atomic mass is 16.5. The van der Waals surface area contributed by atoms with Gasteiger partial charge in [-0.2, -0.15) is 0 Å². The van der Waals surface area contributed by atoms with Crippen LogP contribution in [0.1, 0.15) is 28.5 Å². The molecule has 4 rings (SSSR count). The van der Waals surface area contributed by atoms with Crippen LogP contribution in [0.4, 0.5) is 6.01 Å². The van der Waals surface area contributed by atoms with Crippen molar-refractivity contribution in [3.05, 3.63) is 70.9 Å². The molecule has 0 aliphatic carbocycles. The molecule has 1 N–H and O–H groups in total. The molecule has 0 fully saturated rings. The van der Waals surface area contributed by atoms with Crippen LogP contribution in [0, 0.1) is 13.8 Å². The second-order valence-electron chi connectivity index (χ2n) is 6.02. The highest BCUT2D eigenvalue weighted by molar-refractivity contribution is 5.83. The van der Waals surface area contributed by atoms with Crippen molar-refractivity contribution in [3.63, 3.8) is 0 Å². The van der Waals surface area contributed by atoms with Crippen molar-refractivity contribution in [2.75, 3.05) is 5.32 Å². The zero-order chi connectivity index (χ0) is 17.2. The van der Waals surface area contributed by atoms with Gasteiger partial charge in [-0.3, -0.25) is 0 Å². The molecule has 0 saturated heterocycles. The largest absolute Gasteiger partial charge is 0.408 e. The predicted octanol–water partition coefficient (Wildman–Crippen LogP) is 4.03. The van der Waals surface area contributed by atoms with Crippen molar-refractivity contribution in [2.24, 2.45) is 0 Å². The minimum absolute atomic E-state index is 0.399. The summed E-state index contributed by atoms with van der Waals surface area (Å²) < 4.78 is 10.8. The molecule has 0 aliphatic heterocycles. The number of nitrogens with zero attached hydrogens (tertiary/aromatic N) is 3. The van der Waals surface area contributed by atoms with Crippen molar-refractivity contribution < 1.29 is 8.94 Å². The smallest absolute Gasteiger partial charge is 0.315 e. The summed E-state index contributed by atoms with van der Waals surface area (Å²) in [6.07, 6.45) is 0.602. The first-order valence-corrected chi connectivity index (χ1v) is 8.15. The molecular weight excluding hydrogens is 316 g/mol. The minimum atomic E-state index is 0.399. The number of benzene rings is 2. The van der Waals surface area contributed by atoms with Gasteiger partial charge in [0.05, 0.1) is 12.1 Å². The zero-order valence-corrected chi connectivity index (χ0v) is 14.1. The molecule has 0 spiro atoms. The second-order valence-corrected chi connectivity index (χ2v) is 6.02. The Labute approximate surface area is 144 Å². The molecule has 0 atom stereocenters. The van der Waals surface area contributed by atoms with Gasteiger partial charge in [0.25, 0.3) is 0 Å². The van der Waals surface area contributed by atoms with E-state index in [9.17, 15) is 0 Å². The molecule has 0 unspecified atom stereocenters. The first-order valence-electron chi connectivity index (χ1n) is 8.15. The van der Waals surface area contributed by atoms with E-state index in [2.05, 4.69) is 51.0 Å². The van der Waals surface area contributed by atoms with Crippen molar-refractivity contribution in [2.45, 2.75) is 26.8 Å². The van der Waals surface area contributed by atoms with E-state index in [0.717, 1.165) is 22.6 Å². The van der Waals surface area contributed by atoms with Gasteiger partial charge in [0.2, 0.25) is 5.89 Å². The molecule has 0 saturated carbocycles. The van der Waals surface area contributed by atoms with E-state index in [-0.39, 0.29) is 0 Å². The van der Waals surface area contributed by atoms with Gasteiger partial charge >= 0.3 is 6.01 Å². The third-order valence-corrected chi connectivity index (χ3v) is 4.23. The number of fused-ring (bicyclic) bond motifs is 1. The van der Waals surface area contributed by atoms with E-state index in [1.54, 1.807) is 0 Å². The standard InChI is InChI=1S/C19H18N4O2/c1-12-17(13(2)25-23-12)11-20-19-22-21-18(24-19)10-14-7-8-15-5-3-4-6-16(15)9-14/h3-9H,10-11H2,1-2H3,(H,20,22). The normalized spacial score (nSPS) is 11.1. The van der Waals surface area contributed by atoms with E-state index < -0.39 is 0 Å². The van der Waals surface area contributed by atoms with Gasteiger partial charge in [-0.05, 0) is 30.2 Å². The average molecular weight is 334 g/mol. The lowest BCUT2D eigenvalue weighted by molar-refractivity contribution is 0.392. The van der Waals surface area contributed by atoms with E-state index >= 15 is 0 Å². The van der Waals surface area contributed by atoms with Gasteiger partial charge in [0.15, 0.2) is 0 Å². The lowest BCUT2D eigenvalue weighted by Crippen LogP contribution is -2.01. The van der Waals surface area contributed by atoms with E-state index in [4.69, 9.17) is 8.94 Å². The van der Waals surface area contributed by atoms with Crippen molar-refractivity contribution in [3.8, 4) is 0 Å². The van der Waals surface area contributed by atoms with Crippen LogP contribution in [0.3, 0.4) is 0 Å². The van der Waals surface area contributed by atoms with Gasteiger partial charge in [0.1, 0.15) is 5.76 Å². The van der Waals surface area contributed by atoms with Crippen LogP contribution in [0.5, 0.6) is 0 Å². The molecule has 2 heterocycles. The monoisotopic (exact) mass is 334 g/mol. The van der Waals surface area contributed by atoms with Crippen molar-refractivity contribution >= 4 is 16.8 Å². The summed E-state index contributed by atoms with van der Waals surface area (Å²) in [6, 6.07) is 15.0. The Bertz CT molecular complexity index is 1000. The number of nitrogens with one attached hydrogen (secondary N) is 1. The fourth-order valence-electron chi connectivity index (χ4n) is 2.84. The summed E-state index contributed by atoms with van der Waals surface area (Å²) in [4.78, 5) is 0. The highest BCUT2D eigenvalue weighted by Gasteiger charge is 2.11. The fraction of sp³-hybridized carbons (Fsp3) is 0.211. The van der Waals surface area contributed by atoms with Gasteiger partial charge in [0, 0.05) is 12.1 Å². The number of hydrogen-bond acceptors (Lipinski definition) is 6. The summed E-state index contributed by atoms with van der Waals surface area (Å²) in [5.74, 6) is 1.37. The maximum absolute atomic E-state index is 5.69. The number of anilines is 1.